The summed E-state index contributed by atoms with van der Waals surface area (Å²) in [6.07, 6.45) is -0.130. The number of benzene rings is 1. The van der Waals surface area contributed by atoms with Crippen molar-refractivity contribution in [2.75, 3.05) is 7.11 Å². The molecule has 0 saturated heterocycles. The van der Waals surface area contributed by atoms with E-state index >= 15 is 0 Å². The minimum atomic E-state index is -0.682. The number of nitrogens with zero attached hydrogens (tertiary/aromatic N) is 2. The average Bonchev–Trinajstić information content (AvgIpc) is 2.87. The Labute approximate surface area is 99.0 Å². The Balaban J connectivity index is 2.30. The molecule has 1 aromatic carbocycles. The average molecular weight is 234 g/mol. The van der Waals surface area contributed by atoms with Crippen LogP contribution in [-0.4, -0.2) is 22.4 Å². The zero-order chi connectivity index (χ0) is 12.3. The van der Waals surface area contributed by atoms with Gasteiger partial charge in [0.05, 0.1) is 7.11 Å². The topological polar surface area (TPSA) is 68.4 Å². The standard InChI is InChI=1S/C12H14N2O3/c1-3-10(15)11-13-12(17-14-11)8-5-4-6-9(7-8)16-2/h4-7,10,15H,3H2,1-2H3. The molecule has 1 aromatic heterocycles. The van der Waals surface area contributed by atoms with Crippen LogP contribution >= 0.6 is 0 Å². The van der Waals surface area contributed by atoms with Crippen molar-refractivity contribution in [3.63, 3.8) is 0 Å². The highest BCUT2D eigenvalue weighted by atomic mass is 16.5. The van der Waals surface area contributed by atoms with Crippen molar-refractivity contribution in [3.8, 4) is 17.2 Å². The van der Waals surface area contributed by atoms with Crippen molar-refractivity contribution in [1.82, 2.24) is 10.1 Å². The molecule has 1 heterocycles. The van der Waals surface area contributed by atoms with Gasteiger partial charge < -0.3 is 14.4 Å². The fourth-order valence-corrected chi connectivity index (χ4v) is 1.43. The first-order valence-electron chi connectivity index (χ1n) is 5.40. The van der Waals surface area contributed by atoms with Crippen LogP contribution in [0.5, 0.6) is 5.75 Å². The Morgan fingerprint density at radius 2 is 2.29 bits per heavy atom. The van der Waals surface area contributed by atoms with E-state index in [1.807, 2.05) is 25.1 Å². The third-order valence-electron chi connectivity index (χ3n) is 2.44. The Kier molecular flexibility index (Phi) is 3.39. The summed E-state index contributed by atoms with van der Waals surface area (Å²) in [6.45, 7) is 1.85. The zero-order valence-corrected chi connectivity index (χ0v) is 9.75. The summed E-state index contributed by atoms with van der Waals surface area (Å²) in [6, 6.07) is 7.32. The molecule has 0 bridgehead atoms. The number of ether oxygens (including phenoxy) is 1. The smallest absolute Gasteiger partial charge is 0.258 e. The van der Waals surface area contributed by atoms with Gasteiger partial charge in [-0.25, -0.2) is 0 Å². The maximum atomic E-state index is 9.58. The molecule has 1 atom stereocenters. The van der Waals surface area contributed by atoms with E-state index in [2.05, 4.69) is 10.1 Å². The molecule has 2 aromatic rings. The lowest BCUT2D eigenvalue weighted by atomic mass is 10.2. The van der Waals surface area contributed by atoms with Crippen LogP contribution in [0.1, 0.15) is 25.3 Å². The third-order valence-corrected chi connectivity index (χ3v) is 2.44. The number of aromatic nitrogens is 2. The molecule has 1 unspecified atom stereocenters. The first-order chi connectivity index (χ1) is 8.24. The highest BCUT2D eigenvalue weighted by Crippen LogP contribution is 2.23. The maximum absolute atomic E-state index is 9.58. The van der Waals surface area contributed by atoms with Gasteiger partial charge in [-0.1, -0.05) is 18.1 Å². The Bertz CT molecular complexity index is 496. The Hall–Kier alpha value is -1.88. The second-order valence-corrected chi connectivity index (χ2v) is 3.61. The van der Waals surface area contributed by atoms with Crippen LogP contribution < -0.4 is 4.74 Å². The van der Waals surface area contributed by atoms with Crippen molar-refractivity contribution in [1.29, 1.82) is 0 Å². The molecule has 0 fully saturated rings. The van der Waals surface area contributed by atoms with Crippen LogP contribution in [0, 0.1) is 0 Å². The SMILES string of the molecule is CCC(O)c1noc(-c2cccc(OC)c2)n1. The monoisotopic (exact) mass is 234 g/mol. The van der Waals surface area contributed by atoms with Crippen LogP contribution in [0.4, 0.5) is 0 Å². The molecular weight excluding hydrogens is 220 g/mol. The number of hydrogen-bond donors (Lipinski definition) is 1. The molecule has 0 aliphatic carbocycles. The Morgan fingerprint density at radius 3 is 3.00 bits per heavy atom. The van der Waals surface area contributed by atoms with Gasteiger partial charge in [-0.2, -0.15) is 4.98 Å². The van der Waals surface area contributed by atoms with E-state index < -0.39 is 6.10 Å². The molecule has 0 aliphatic rings. The van der Waals surface area contributed by atoms with Gasteiger partial charge in [0.15, 0.2) is 0 Å². The van der Waals surface area contributed by atoms with Crippen LogP contribution in [0.25, 0.3) is 11.5 Å². The Morgan fingerprint density at radius 1 is 1.47 bits per heavy atom. The van der Waals surface area contributed by atoms with Crippen LogP contribution in [-0.2, 0) is 0 Å². The summed E-state index contributed by atoms with van der Waals surface area (Å²) in [5, 5.41) is 13.3. The number of methoxy groups -OCH3 is 1. The van der Waals surface area contributed by atoms with E-state index in [-0.39, 0.29) is 0 Å². The van der Waals surface area contributed by atoms with Crippen molar-refractivity contribution in [2.24, 2.45) is 0 Å². The lowest BCUT2D eigenvalue weighted by Gasteiger charge is -2.00. The number of rotatable bonds is 4. The molecule has 90 valence electrons. The molecular formula is C12H14N2O3. The molecule has 0 spiro atoms. The molecule has 0 amide bonds. The first-order valence-corrected chi connectivity index (χ1v) is 5.40. The fourth-order valence-electron chi connectivity index (χ4n) is 1.43. The molecule has 1 N–H and O–H groups in total. The summed E-state index contributed by atoms with van der Waals surface area (Å²) in [4.78, 5) is 4.14. The predicted molar refractivity (Wildman–Crippen MR) is 61.5 cm³/mol. The van der Waals surface area contributed by atoms with Gasteiger partial charge in [0.2, 0.25) is 5.82 Å². The van der Waals surface area contributed by atoms with Crippen molar-refractivity contribution in [2.45, 2.75) is 19.4 Å². The van der Waals surface area contributed by atoms with Crippen molar-refractivity contribution < 1.29 is 14.4 Å². The van der Waals surface area contributed by atoms with Gasteiger partial charge in [0.25, 0.3) is 5.89 Å². The van der Waals surface area contributed by atoms with Crippen LogP contribution in [0.3, 0.4) is 0 Å². The quantitative estimate of drug-likeness (QED) is 0.878. The van der Waals surface area contributed by atoms with E-state index in [9.17, 15) is 5.11 Å². The van der Waals surface area contributed by atoms with E-state index in [0.29, 0.717) is 18.1 Å². The minimum absolute atomic E-state index is 0.310. The second-order valence-electron chi connectivity index (χ2n) is 3.61. The van der Waals surface area contributed by atoms with Crippen LogP contribution in [0.2, 0.25) is 0 Å². The van der Waals surface area contributed by atoms with Gasteiger partial charge in [-0.05, 0) is 24.6 Å². The molecule has 17 heavy (non-hydrogen) atoms. The molecule has 5 nitrogen and oxygen atoms in total. The minimum Gasteiger partial charge on any atom is -0.497 e. The van der Waals surface area contributed by atoms with E-state index in [1.54, 1.807) is 13.2 Å². The van der Waals surface area contributed by atoms with Gasteiger partial charge in [0, 0.05) is 5.56 Å². The third kappa shape index (κ3) is 2.45. The second kappa shape index (κ2) is 4.97. The molecule has 0 radical (unpaired) electrons. The highest BCUT2D eigenvalue weighted by molar-refractivity contribution is 5.55. The number of aliphatic hydroxyl groups excluding tert-OH is 1. The summed E-state index contributed by atoms with van der Waals surface area (Å²) >= 11 is 0. The first kappa shape index (κ1) is 11.6. The molecule has 5 heteroatoms. The van der Waals surface area contributed by atoms with Crippen molar-refractivity contribution >= 4 is 0 Å². The largest absolute Gasteiger partial charge is 0.497 e. The normalized spacial score (nSPS) is 12.4. The molecule has 0 saturated carbocycles. The number of hydrogen-bond acceptors (Lipinski definition) is 5. The van der Waals surface area contributed by atoms with Gasteiger partial charge in [-0.15, -0.1) is 0 Å². The highest BCUT2D eigenvalue weighted by Gasteiger charge is 2.14. The zero-order valence-electron chi connectivity index (χ0n) is 9.75. The van der Waals surface area contributed by atoms with E-state index in [0.717, 1.165) is 11.3 Å². The molecule has 2 rings (SSSR count). The van der Waals surface area contributed by atoms with Gasteiger partial charge in [0.1, 0.15) is 11.9 Å². The summed E-state index contributed by atoms with van der Waals surface area (Å²) < 4.78 is 10.2. The summed E-state index contributed by atoms with van der Waals surface area (Å²) in [5.74, 6) is 1.41. The van der Waals surface area contributed by atoms with Crippen LogP contribution in [0.15, 0.2) is 28.8 Å². The predicted octanol–water partition coefficient (Wildman–Crippen LogP) is 2.19. The lowest BCUT2D eigenvalue weighted by molar-refractivity contribution is 0.159. The van der Waals surface area contributed by atoms with Gasteiger partial charge >= 0.3 is 0 Å². The van der Waals surface area contributed by atoms with E-state index in [1.165, 1.54) is 0 Å². The summed E-state index contributed by atoms with van der Waals surface area (Å²) in [7, 11) is 1.60. The molecule has 0 aliphatic heterocycles. The van der Waals surface area contributed by atoms with E-state index in [4.69, 9.17) is 9.26 Å². The lowest BCUT2D eigenvalue weighted by Crippen LogP contribution is -1.97. The fraction of sp³-hybridized carbons (Fsp3) is 0.333. The summed E-state index contributed by atoms with van der Waals surface area (Å²) in [5.41, 5.74) is 0.770. The van der Waals surface area contributed by atoms with Gasteiger partial charge in [-0.3, -0.25) is 0 Å². The maximum Gasteiger partial charge on any atom is 0.258 e. The number of aliphatic hydroxyl groups is 1. The van der Waals surface area contributed by atoms with Crippen molar-refractivity contribution in [3.05, 3.63) is 30.1 Å².